The highest BCUT2D eigenvalue weighted by Gasteiger charge is 2.08. The number of rotatable bonds is 0. The second-order valence-electron chi connectivity index (χ2n) is 2.93. The molecule has 7 heavy (non-hydrogen) atoms. The number of hydrogen-bond acceptors (Lipinski definition) is 0. The third kappa shape index (κ3) is 2.44. The second-order valence-corrected chi connectivity index (χ2v) is 2.93. The standard InChI is InChI=1S/C7H13/c1-6(2)7(3,4)5/h1H,2-5H3. The average Bonchev–Trinajstić information content (AvgIpc) is 1.31. The minimum Gasteiger partial charge on any atom is -0.0680 e. The molecule has 0 aromatic heterocycles. The first-order valence-corrected chi connectivity index (χ1v) is 2.54. The van der Waals surface area contributed by atoms with Crippen molar-refractivity contribution < 1.29 is 0 Å². The summed E-state index contributed by atoms with van der Waals surface area (Å²) in [6.07, 6.45) is 0. The van der Waals surface area contributed by atoms with Crippen molar-refractivity contribution in [1.82, 2.24) is 0 Å². The maximum atomic E-state index is 5.49. The summed E-state index contributed by atoms with van der Waals surface area (Å²) in [6, 6.07) is 0. The van der Waals surface area contributed by atoms with E-state index >= 15 is 0 Å². The molecule has 0 N–H and O–H groups in total. The zero-order valence-electron chi connectivity index (χ0n) is 5.58. The van der Waals surface area contributed by atoms with Gasteiger partial charge in [0.1, 0.15) is 0 Å². The van der Waals surface area contributed by atoms with E-state index in [2.05, 4.69) is 20.8 Å². The Labute approximate surface area is 46.2 Å². The van der Waals surface area contributed by atoms with Crippen LogP contribution in [0.15, 0.2) is 5.57 Å². The maximum Gasteiger partial charge on any atom is -0.0173 e. The molecule has 0 aromatic rings. The fourth-order valence-electron chi connectivity index (χ4n) is 0. The van der Waals surface area contributed by atoms with Crippen LogP contribution in [0, 0.1) is 12.0 Å². The fourth-order valence-corrected chi connectivity index (χ4v) is 0. The Bertz CT molecular complexity index is 72.5. The van der Waals surface area contributed by atoms with Crippen molar-refractivity contribution in [2.75, 3.05) is 0 Å². The van der Waals surface area contributed by atoms with Gasteiger partial charge in [0.2, 0.25) is 0 Å². The van der Waals surface area contributed by atoms with E-state index in [9.17, 15) is 0 Å². The zero-order valence-corrected chi connectivity index (χ0v) is 5.58. The van der Waals surface area contributed by atoms with Gasteiger partial charge < -0.3 is 0 Å². The minimum absolute atomic E-state index is 0.194. The molecule has 0 aliphatic carbocycles. The fraction of sp³-hybridized carbons (Fsp3) is 0.714. The molecule has 0 amide bonds. The summed E-state index contributed by atoms with van der Waals surface area (Å²) in [4.78, 5) is 0. The highest BCUT2D eigenvalue weighted by molar-refractivity contribution is 4.97. The van der Waals surface area contributed by atoms with E-state index in [1.165, 1.54) is 0 Å². The largest absolute Gasteiger partial charge is 0.0680 e. The first-order chi connectivity index (χ1) is 2.94. The molecule has 0 aliphatic heterocycles. The van der Waals surface area contributed by atoms with Crippen molar-refractivity contribution in [2.45, 2.75) is 27.7 Å². The Morgan fingerprint density at radius 1 is 1.29 bits per heavy atom. The zero-order chi connectivity index (χ0) is 6.08. The maximum absolute atomic E-state index is 5.49. The summed E-state index contributed by atoms with van der Waals surface area (Å²) in [5.41, 5.74) is 1.19. The quantitative estimate of drug-likeness (QED) is 0.435. The van der Waals surface area contributed by atoms with E-state index < -0.39 is 0 Å². The van der Waals surface area contributed by atoms with Gasteiger partial charge in [-0.15, -0.1) is 0 Å². The lowest BCUT2D eigenvalue weighted by Gasteiger charge is -2.16. The average molecular weight is 97.2 g/mol. The van der Waals surface area contributed by atoms with Gasteiger partial charge >= 0.3 is 0 Å². The van der Waals surface area contributed by atoms with Crippen LogP contribution in [0.1, 0.15) is 27.7 Å². The third-order valence-electron chi connectivity index (χ3n) is 1.18. The van der Waals surface area contributed by atoms with Crippen LogP contribution in [0.25, 0.3) is 0 Å². The first-order valence-electron chi connectivity index (χ1n) is 2.54. The highest BCUT2D eigenvalue weighted by atomic mass is 14.1. The van der Waals surface area contributed by atoms with Gasteiger partial charge in [0.25, 0.3) is 0 Å². The Morgan fingerprint density at radius 2 is 1.43 bits per heavy atom. The summed E-state index contributed by atoms with van der Waals surface area (Å²) in [5.74, 6) is 0. The molecule has 0 heterocycles. The predicted octanol–water partition coefficient (Wildman–Crippen LogP) is 2.41. The monoisotopic (exact) mass is 97.1 g/mol. The van der Waals surface area contributed by atoms with Gasteiger partial charge in [-0.3, -0.25) is 0 Å². The number of allylic oxidation sites excluding steroid dienone is 1. The molecule has 0 spiro atoms. The van der Waals surface area contributed by atoms with E-state index in [-0.39, 0.29) is 5.41 Å². The lowest BCUT2D eigenvalue weighted by molar-refractivity contribution is 0.504. The Morgan fingerprint density at radius 3 is 1.43 bits per heavy atom. The van der Waals surface area contributed by atoms with Crippen molar-refractivity contribution in [3.05, 3.63) is 12.2 Å². The molecule has 0 heteroatoms. The van der Waals surface area contributed by atoms with Crippen LogP contribution in [0.5, 0.6) is 0 Å². The van der Waals surface area contributed by atoms with Crippen molar-refractivity contribution in [3.8, 4) is 0 Å². The SMILES string of the molecule is [CH]=C(C)C(C)(C)C. The van der Waals surface area contributed by atoms with E-state index in [0.717, 1.165) is 5.57 Å². The molecular weight excluding hydrogens is 84.1 g/mol. The van der Waals surface area contributed by atoms with Gasteiger partial charge in [0.05, 0.1) is 0 Å². The van der Waals surface area contributed by atoms with Gasteiger partial charge in [-0.05, 0) is 12.3 Å². The van der Waals surface area contributed by atoms with E-state index in [0.29, 0.717) is 0 Å². The first kappa shape index (κ1) is 6.74. The second kappa shape index (κ2) is 1.69. The lowest BCUT2D eigenvalue weighted by Crippen LogP contribution is -2.04. The van der Waals surface area contributed by atoms with Crippen LogP contribution in [0.4, 0.5) is 0 Å². The molecule has 41 valence electrons. The molecule has 1 radical (unpaired) electrons. The smallest absolute Gasteiger partial charge is 0.0173 e. The molecule has 0 aromatic carbocycles. The van der Waals surface area contributed by atoms with Gasteiger partial charge in [0.15, 0.2) is 0 Å². The number of hydrogen-bond donors (Lipinski definition) is 0. The topological polar surface area (TPSA) is 0 Å². The van der Waals surface area contributed by atoms with Gasteiger partial charge in [-0.1, -0.05) is 32.9 Å². The van der Waals surface area contributed by atoms with Gasteiger partial charge in [-0.25, -0.2) is 0 Å². The van der Waals surface area contributed by atoms with Crippen LogP contribution in [0.3, 0.4) is 0 Å². The van der Waals surface area contributed by atoms with Gasteiger partial charge in [-0.2, -0.15) is 0 Å². The molecule has 0 fully saturated rings. The van der Waals surface area contributed by atoms with E-state index in [1.54, 1.807) is 0 Å². The van der Waals surface area contributed by atoms with Gasteiger partial charge in [0, 0.05) is 0 Å². The van der Waals surface area contributed by atoms with Crippen molar-refractivity contribution >= 4 is 0 Å². The summed E-state index contributed by atoms with van der Waals surface area (Å²) in [7, 11) is 0. The lowest BCUT2D eigenvalue weighted by atomic mass is 9.89. The van der Waals surface area contributed by atoms with Crippen LogP contribution in [-0.4, -0.2) is 0 Å². The molecule has 0 nitrogen and oxygen atoms in total. The molecule has 0 atom stereocenters. The Balaban J connectivity index is 3.79. The molecule has 0 aliphatic rings. The molecular formula is C7H13. The predicted molar refractivity (Wildman–Crippen MR) is 32.9 cm³/mol. The Hall–Kier alpha value is -0.260. The highest BCUT2D eigenvalue weighted by Crippen LogP contribution is 2.21. The summed E-state index contributed by atoms with van der Waals surface area (Å²) in [6.45, 7) is 13.7. The van der Waals surface area contributed by atoms with Crippen molar-refractivity contribution in [3.63, 3.8) is 0 Å². The molecule has 0 unspecified atom stereocenters. The molecule has 0 saturated carbocycles. The van der Waals surface area contributed by atoms with Crippen LogP contribution in [0.2, 0.25) is 0 Å². The van der Waals surface area contributed by atoms with Crippen molar-refractivity contribution in [1.29, 1.82) is 0 Å². The van der Waals surface area contributed by atoms with Crippen LogP contribution >= 0.6 is 0 Å². The van der Waals surface area contributed by atoms with E-state index in [1.807, 2.05) is 6.92 Å². The van der Waals surface area contributed by atoms with Crippen LogP contribution in [-0.2, 0) is 0 Å². The summed E-state index contributed by atoms with van der Waals surface area (Å²) in [5, 5.41) is 0. The Kier molecular flexibility index (Phi) is 1.63. The van der Waals surface area contributed by atoms with Crippen LogP contribution < -0.4 is 0 Å². The van der Waals surface area contributed by atoms with E-state index in [4.69, 9.17) is 6.58 Å². The minimum atomic E-state index is 0.194. The summed E-state index contributed by atoms with van der Waals surface area (Å²) >= 11 is 0. The normalized spacial score (nSPS) is 11.4. The molecule has 0 rings (SSSR count). The molecule has 0 saturated heterocycles. The molecule has 0 bridgehead atoms. The van der Waals surface area contributed by atoms with Crippen molar-refractivity contribution in [2.24, 2.45) is 5.41 Å². The summed E-state index contributed by atoms with van der Waals surface area (Å²) < 4.78 is 0. The third-order valence-corrected chi connectivity index (χ3v) is 1.18.